The number of anilines is 1. The zero-order valence-corrected chi connectivity index (χ0v) is 13.0. The monoisotopic (exact) mass is 328 g/mol. The fourth-order valence-electron chi connectivity index (χ4n) is 1.60. The molecule has 0 saturated heterocycles. The largest absolute Gasteiger partial charge is 0.479 e. The Hall–Kier alpha value is -1.23. The van der Waals surface area contributed by atoms with Crippen molar-refractivity contribution in [2.75, 3.05) is 12.3 Å². The highest BCUT2D eigenvalue weighted by Gasteiger charge is 2.15. The molecule has 1 unspecified atom stereocenters. The van der Waals surface area contributed by atoms with E-state index >= 15 is 0 Å². The smallest absolute Gasteiger partial charge is 0.260 e. The summed E-state index contributed by atoms with van der Waals surface area (Å²) in [5.41, 5.74) is 6.34. The minimum atomic E-state index is -0.551. The number of halogens is 1. The zero-order valence-electron chi connectivity index (χ0n) is 11.4. The molecule has 0 bridgehead atoms. The molecule has 0 aliphatic carbocycles. The number of hydrogen-bond acceptors (Lipinski definition) is 3. The van der Waals surface area contributed by atoms with Gasteiger partial charge in [0.25, 0.3) is 5.91 Å². The highest BCUT2D eigenvalue weighted by atomic mass is 79.9. The number of rotatable bonds is 7. The van der Waals surface area contributed by atoms with Crippen molar-refractivity contribution in [2.45, 2.75) is 39.2 Å². The van der Waals surface area contributed by atoms with Crippen molar-refractivity contribution in [1.29, 1.82) is 0 Å². The SMILES string of the molecule is CCCCCNC(=O)C(C)Oc1ccc(Br)cc1N. The summed E-state index contributed by atoms with van der Waals surface area (Å²) in [5, 5.41) is 2.85. The summed E-state index contributed by atoms with van der Waals surface area (Å²) >= 11 is 3.33. The first-order valence-corrected chi connectivity index (χ1v) is 7.33. The summed E-state index contributed by atoms with van der Waals surface area (Å²) in [7, 11) is 0. The zero-order chi connectivity index (χ0) is 14.3. The van der Waals surface area contributed by atoms with Crippen LogP contribution < -0.4 is 15.8 Å². The predicted octanol–water partition coefficient (Wildman–Crippen LogP) is 3.11. The van der Waals surface area contributed by atoms with Gasteiger partial charge in [-0.15, -0.1) is 0 Å². The number of hydrogen-bond donors (Lipinski definition) is 2. The Bertz CT molecular complexity index is 424. The molecule has 1 aromatic carbocycles. The van der Waals surface area contributed by atoms with Crippen LogP contribution in [-0.4, -0.2) is 18.6 Å². The van der Waals surface area contributed by atoms with Crippen LogP contribution in [0.15, 0.2) is 22.7 Å². The van der Waals surface area contributed by atoms with Crippen LogP contribution in [0.3, 0.4) is 0 Å². The van der Waals surface area contributed by atoms with E-state index < -0.39 is 6.10 Å². The summed E-state index contributed by atoms with van der Waals surface area (Å²) in [4.78, 5) is 11.8. The first-order valence-electron chi connectivity index (χ1n) is 6.54. The predicted molar refractivity (Wildman–Crippen MR) is 81.2 cm³/mol. The molecule has 19 heavy (non-hydrogen) atoms. The van der Waals surface area contributed by atoms with Crippen molar-refractivity contribution < 1.29 is 9.53 Å². The molecule has 0 aliphatic rings. The third kappa shape index (κ3) is 5.51. The maximum Gasteiger partial charge on any atom is 0.260 e. The lowest BCUT2D eigenvalue weighted by Crippen LogP contribution is -2.36. The molecule has 1 atom stereocenters. The van der Waals surface area contributed by atoms with Gasteiger partial charge in [0, 0.05) is 11.0 Å². The maximum atomic E-state index is 11.8. The van der Waals surface area contributed by atoms with Gasteiger partial charge in [-0.3, -0.25) is 4.79 Å². The molecule has 0 spiro atoms. The Kier molecular flexibility index (Phi) is 6.70. The molecular weight excluding hydrogens is 308 g/mol. The Balaban J connectivity index is 2.45. The molecule has 4 nitrogen and oxygen atoms in total. The van der Waals surface area contributed by atoms with E-state index in [4.69, 9.17) is 10.5 Å². The molecule has 5 heteroatoms. The average Bonchev–Trinajstić information content (AvgIpc) is 2.37. The van der Waals surface area contributed by atoms with Crippen LogP contribution in [0.25, 0.3) is 0 Å². The Morgan fingerprint density at radius 3 is 2.84 bits per heavy atom. The Morgan fingerprint density at radius 2 is 2.21 bits per heavy atom. The van der Waals surface area contributed by atoms with Crippen LogP contribution in [0, 0.1) is 0 Å². The van der Waals surface area contributed by atoms with E-state index in [9.17, 15) is 4.79 Å². The van der Waals surface area contributed by atoms with E-state index in [1.54, 1.807) is 19.1 Å². The summed E-state index contributed by atoms with van der Waals surface area (Å²) < 4.78 is 6.44. The summed E-state index contributed by atoms with van der Waals surface area (Å²) in [5.74, 6) is 0.415. The van der Waals surface area contributed by atoms with Crippen molar-refractivity contribution in [1.82, 2.24) is 5.32 Å². The van der Waals surface area contributed by atoms with E-state index in [-0.39, 0.29) is 5.91 Å². The first kappa shape index (κ1) is 15.8. The van der Waals surface area contributed by atoms with Gasteiger partial charge < -0.3 is 15.8 Å². The molecule has 1 aromatic rings. The normalized spacial score (nSPS) is 11.9. The lowest BCUT2D eigenvalue weighted by Gasteiger charge is -2.16. The van der Waals surface area contributed by atoms with Crippen LogP contribution in [0.2, 0.25) is 0 Å². The molecule has 106 valence electrons. The van der Waals surface area contributed by atoms with Crippen molar-refractivity contribution in [3.63, 3.8) is 0 Å². The maximum absolute atomic E-state index is 11.8. The topological polar surface area (TPSA) is 64.3 Å². The van der Waals surface area contributed by atoms with Gasteiger partial charge in [-0.05, 0) is 31.5 Å². The molecule has 0 radical (unpaired) electrons. The van der Waals surface area contributed by atoms with Gasteiger partial charge in [0.15, 0.2) is 6.10 Å². The van der Waals surface area contributed by atoms with Crippen molar-refractivity contribution in [3.8, 4) is 5.75 Å². The van der Waals surface area contributed by atoms with Crippen LogP contribution >= 0.6 is 15.9 Å². The van der Waals surface area contributed by atoms with E-state index in [1.807, 2.05) is 6.07 Å². The number of benzene rings is 1. The van der Waals surface area contributed by atoms with Gasteiger partial charge in [-0.25, -0.2) is 0 Å². The van der Waals surface area contributed by atoms with Crippen LogP contribution in [0.1, 0.15) is 33.1 Å². The third-order valence-electron chi connectivity index (χ3n) is 2.72. The van der Waals surface area contributed by atoms with Crippen LogP contribution in [-0.2, 0) is 4.79 Å². The molecule has 0 aliphatic heterocycles. The van der Waals surface area contributed by atoms with Crippen molar-refractivity contribution >= 4 is 27.5 Å². The standard InChI is InChI=1S/C14H21BrN2O2/c1-3-4-5-8-17-14(18)10(2)19-13-7-6-11(15)9-12(13)16/h6-7,9-10H,3-5,8,16H2,1-2H3,(H,17,18). The second kappa shape index (κ2) is 8.04. The quantitative estimate of drug-likeness (QED) is 0.597. The Labute approximate surface area is 122 Å². The molecule has 1 amide bonds. The Morgan fingerprint density at radius 1 is 1.47 bits per heavy atom. The molecule has 0 saturated carbocycles. The van der Waals surface area contributed by atoms with Crippen LogP contribution in [0.4, 0.5) is 5.69 Å². The van der Waals surface area contributed by atoms with E-state index in [0.29, 0.717) is 18.0 Å². The van der Waals surface area contributed by atoms with Gasteiger partial charge >= 0.3 is 0 Å². The lowest BCUT2D eigenvalue weighted by molar-refractivity contribution is -0.127. The van der Waals surface area contributed by atoms with Crippen molar-refractivity contribution in [2.24, 2.45) is 0 Å². The fraction of sp³-hybridized carbons (Fsp3) is 0.500. The number of nitrogens with one attached hydrogen (secondary N) is 1. The second-order valence-electron chi connectivity index (χ2n) is 4.44. The highest BCUT2D eigenvalue weighted by molar-refractivity contribution is 9.10. The number of carbonyl (C=O) groups is 1. The molecule has 0 aromatic heterocycles. The van der Waals surface area contributed by atoms with Gasteiger partial charge in [-0.2, -0.15) is 0 Å². The number of ether oxygens (including phenoxy) is 1. The molecule has 0 fully saturated rings. The summed E-state index contributed by atoms with van der Waals surface area (Å²) in [6, 6.07) is 5.33. The minimum absolute atomic E-state index is 0.113. The van der Waals surface area contributed by atoms with E-state index in [0.717, 1.165) is 23.7 Å². The first-order chi connectivity index (χ1) is 9.04. The average molecular weight is 329 g/mol. The number of nitrogens with two attached hydrogens (primary N) is 1. The van der Waals surface area contributed by atoms with Gasteiger partial charge in [0.2, 0.25) is 0 Å². The highest BCUT2D eigenvalue weighted by Crippen LogP contribution is 2.26. The van der Waals surface area contributed by atoms with E-state index in [2.05, 4.69) is 28.2 Å². The fourth-order valence-corrected chi connectivity index (χ4v) is 1.98. The second-order valence-corrected chi connectivity index (χ2v) is 5.36. The molecule has 1 rings (SSSR count). The number of unbranched alkanes of at least 4 members (excludes halogenated alkanes) is 2. The van der Waals surface area contributed by atoms with Crippen molar-refractivity contribution in [3.05, 3.63) is 22.7 Å². The summed E-state index contributed by atoms with van der Waals surface area (Å²) in [6.45, 7) is 4.54. The van der Waals surface area contributed by atoms with Gasteiger partial charge in [-0.1, -0.05) is 35.7 Å². The summed E-state index contributed by atoms with van der Waals surface area (Å²) in [6.07, 6.45) is 2.70. The number of carbonyl (C=O) groups excluding carboxylic acids is 1. The minimum Gasteiger partial charge on any atom is -0.479 e. The number of amides is 1. The number of nitrogen functional groups attached to an aromatic ring is 1. The third-order valence-corrected chi connectivity index (χ3v) is 3.22. The molecule has 0 heterocycles. The van der Waals surface area contributed by atoms with Gasteiger partial charge in [0.1, 0.15) is 5.75 Å². The molecular formula is C14H21BrN2O2. The van der Waals surface area contributed by atoms with Gasteiger partial charge in [0.05, 0.1) is 5.69 Å². The van der Waals surface area contributed by atoms with Crippen LogP contribution in [0.5, 0.6) is 5.75 Å². The van der Waals surface area contributed by atoms with E-state index in [1.165, 1.54) is 0 Å². The molecule has 3 N–H and O–H groups in total. The lowest BCUT2D eigenvalue weighted by atomic mass is 10.2.